The molecule has 1 aromatic heterocycles. The molecule has 0 amide bonds. The van der Waals surface area contributed by atoms with Gasteiger partial charge in [0.25, 0.3) is 0 Å². The summed E-state index contributed by atoms with van der Waals surface area (Å²) < 4.78 is 24.1. The number of sulfone groups is 1. The van der Waals surface area contributed by atoms with Crippen LogP contribution in [0.5, 0.6) is 0 Å². The first kappa shape index (κ1) is 16.9. The fraction of sp³-hybridized carbons (Fsp3) is 0.727. The van der Waals surface area contributed by atoms with Crippen LogP contribution in [0.2, 0.25) is 5.15 Å². The molecule has 0 unspecified atom stereocenters. The van der Waals surface area contributed by atoms with Gasteiger partial charge < -0.3 is 0 Å². The number of hydrogen-bond donors (Lipinski definition) is 0. The molecular weight excluding hydrogens is 306 g/mol. The van der Waals surface area contributed by atoms with Crippen molar-refractivity contribution in [3.05, 3.63) is 21.0 Å². The molecule has 20 heavy (non-hydrogen) atoms. The van der Waals surface area contributed by atoms with Gasteiger partial charge >= 0.3 is 5.69 Å². The average Bonchev–Trinajstić information content (AvgIpc) is 2.62. The average molecular weight is 324 g/mol. The zero-order valence-electron chi connectivity index (χ0n) is 11.7. The van der Waals surface area contributed by atoms with Crippen molar-refractivity contribution in [1.82, 2.24) is 9.78 Å². The van der Waals surface area contributed by atoms with Gasteiger partial charge in [-0.1, -0.05) is 32.4 Å². The zero-order valence-corrected chi connectivity index (χ0v) is 13.2. The van der Waals surface area contributed by atoms with Gasteiger partial charge in [-0.25, -0.2) is 13.1 Å². The van der Waals surface area contributed by atoms with Crippen LogP contribution < -0.4 is 0 Å². The highest BCUT2D eigenvalue weighted by Crippen LogP contribution is 2.30. The third-order valence-electron chi connectivity index (χ3n) is 2.77. The van der Waals surface area contributed by atoms with Crippen LogP contribution in [0.1, 0.15) is 26.5 Å². The van der Waals surface area contributed by atoms with E-state index >= 15 is 0 Å². The molecule has 0 fully saturated rings. The van der Waals surface area contributed by atoms with E-state index in [-0.39, 0.29) is 34.8 Å². The highest BCUT2D eigenvalue weighted by atomic mass is 35.5. The summed E-state index contributed by atoms with van der Waals surface area (Å²) in [6, 6.07) is 0. The lowest BCUT2D eigenvalue weighted by atomic mass is 10.1. The van der Waals surface area contributed by atoms with Crippen molar-refractivity contribution in [1.29, 1.82) is 0 Å². The van der Waals surface area contributed by atoms with Gasteiger partial charge in [0.15, 0.2) is 9.84 Å². The maximum absolute atomic E-state index is 11.5. The van der Waals surface area contributed by atoms with Gasteiger partial charge in [-0.3, -0.25) is 10.1 Å². The van der Waals surface area contributed by atoms with Crippen LogP contribution in [0.3, 0.4) is 0 Å². The van der Waals surface area contributed by atoms with Gasteiger partial charge in [0.05, 0.1) is 17.2 Å². The summed E-state index contributed by atoms with van der Waals surface area (Å²) in [5.74, 6) is 0.0724. The minimum Gasteiger partial charge on any atom is -0.258 e. The standard InChI is InChI=1S/C11H18ClN3O4S/c1-4-20(18,19)6-5-14-11(12)10(15(16)17)9(13-14)7-8(2)3/h8H,4-7H2,1-3H3. The molecule has 0 radical (unpaired) electrons. The quantitative estimate of drug-likeness (QED) is 0.565. The fourth-order valence-electron chi connectivity index (χ4n) is 1.70. The van der Waals surface area contributed by atoms with E-state index in [0.29, 0.717) is 12.1 Å². The van der Waals surface area contributed by atoms with Crippen LogP contribution in [0, 0.1) is 16.0 Å². The zero-order chi connectivity index (χ0) is 15.5. The molecule has 0 N–H and O–H groups in total. The normalized spacial score (nSPS) is 12.1. The topological polar surface area (TPSA) is 95.1 Å². The number of hydrogen-bond acceptors (Lipinski definition) is 5. The second kappa shape index (κ2) is 6.53. The van der Waals surface area contributed by atoms with E-state index in [9.17, 15) is 18.5 Å². The molecule has 0 aliphatic heterocycles. The first-order valence-electron chi connectivity index (χ1n) is 6.28. The van der Waals surface area contributed by atoms with Crippen LogP contribution in [0.4, 0.5) is 5.69 Å². The molecule has 0 aliphatic carbocycles. The van der Waals surface area contributed by atoms with E-state index in [2.05, 4.69) is 5.10 Å². The van der Waals surface area contributed by atoms with Crippen LogP contribution in [0.15, 0.2) is 0 Å². The monoisotopic (exact) mass is 323 g/mol. The van der Waals surface area contributed by atoms with E-state index in [1.165, 1.54) is 4.68 Å². The van der Waals surface area contributed by atoms with Crippen molar-refractivity contribution in [2.75, 3.05) is 11.5 Å². The summed E-state index contributed by atoms with van der Waals surface area (Å²) >= 11 is 5.94. The molecule has 1 heterocycles. The molecule has 9 heteroatoms. The SMILES string of the molecule is CCS(=O)(=O)CCn1nc(CC(C)C)c([N+](=O)[O-])c1Cl. The largest absolute Gasteiger partial charge is 0.329 e. The summed E-state index contributed by atoms with van der Waals surface area (Å²) in [7, 11) is -3.17. The van der Waals surface area contributed by atoms with E-state index in [4.69, 9.17) is 11.6 Å². The second-order valence-electron chi connectivity index (χ2n) is 4.90. The summed E-state index contributed by atoms with van der Waals surface area (Å²) in [4.78, 5) is 10.5. The number of halogens is 1. The predicted octanol–water partition coefficient (Wildman–Crippen LogP) is 2.08. The lowest BCUT2D eigenvalue weighted by Gasteiger charge is -2.02. The molecule has 1 aromatic rings. The predicted molar refractivity (Wildman–Crippen MR) is 76.8 cm³/mol. The first-order chi connectivity index (χ1) is 9.18. The van der Waals surface area contributed by atoms with Crippen molar-refractivity contribution < 1.29 is 13.3 Å². The minimum absolute atomic E-state index is 0.0207. The third kappa shape index (κ3) is 4.17. The molecular formula is C11H18ClN3O4S. The first-order valence-corrected chi connectivity index (χ1v) is 8.47. The molecule has 0 atom stereocenters. The van der Waals surface area contributed by atoms with Crippen LogP contribution in [-0.2, 0) is 22.8 Å². The minimum atomic E-state index is -3.17. The number of nitrogens with zero attached hydrogens (tertiary/aromatic N) is 3. The summed E-state index contributed by atoms with van der Waals surface area (Å²) in [5.41, 5.74) is 0.0677. The van der Waals surface area contributed by atoms with Crippen molar-refractivity contribution in [2.45, 2.75) is 33.7 Å². The molecule has 0 spiro atoms. The summed E-state index contributed by atoms with van der Waals surface area (Å²) in [5, 5.41) is 15.0. The van der Waals surface area contributed by atoms with E-state index in [1.807, 2.05) is 13.8 Å². The molecule has 0 saturated carbocycles. The van der Waals surface area contributed by atoms with Gasteiger partial charge in [0.1, 0.15) is 5.69 Å². The van der Waals surface area contributed by atoms with Gasteiger partial charge in [-0.2, -0.15) is 5.10 Å². The Bertz CT molecular complexity index is 595. The van der Waals surface area contributed by atoms with E-state index in [0.717, 1.165) is 0 Å². The van der Waals surface area contributed by atoms with Crippen molar-refractivity contribution in [3.8, 4) is 0 Å². The highest BCUT2D eigenvalue weighted by Gasteiger charge is 2.27. The fourth-order valence-corrected chi connectivity index (χ4v) is 2.74. The molecule has 7 nitrogen and oxygen atoms in total. The van der Waals surface area contributed by atoms with Crippen molar-refractivity contribution in [3.63, 3.8) is 0 Å². The van der Waals surface area contributed by atoms with E-state index < -0.39 is 14.8 Å². The Kier molecular flexibility index (Phi) is 5.52. The maximum Gasteiger partial charge on any atom is 0.329 e. The maximum atomic E-state index is 11.5. The van der Waals surface area contributed by atoms with Crippen molar-refractivity contribution >= 4 is 27.1 Å². The molecule has 114 valence electrons. The molecule has 0 aliphatic rings. The van der Waals surface area contributed by atoms with E-state index in [1.54, 1.807) is 6.92 Å². The third-order valence-corrected chi connectivity index (χ3v) is 4.83. The number of rotatable bonds is 7. The van der Waals surface area contributed by atoms with Crippen molar-refractivity contribution in [2.24, 2.45) is 5.92 Å². The Hall–Kier alpha value is -1.15. The lowest BCUT2D eigenvalue weighted by molar-refractivity contribution is -0.385. The van der Waals surface area contributed by atoms with Gasteiger partial charge in [0.2, 0.25) is 5.15 Å². The van der Waals surface area contributed by atoms with Crippen LogP contribution in [0.25, 0.3) is 0 Å². The summed E-state index contributed by atoms with van der Waals surface area (Å²) in [6.45, 7) is 5.40. The Morgan fingerprint density at radius 1 is 1.45 bits per heavy atom. The van der Waals surface area contributed by atoms with Gasteiger partial charge in [-0.05, 0) is 5.92 Å². The molecule has 0 saturated heterocycles. The number of nitro groups is 1. The number of aromatic nitrogens is 2. The molecule has 0 bridgehead atoms. The summed E-state index contributed by atoms with van der Waals surface area (Å²) in [6.07, 6.45) is 0.420. The lowest BCUT2D eigenvalue weighted by Crippen LogP contribution is -2.15. The Morgan fingerprint density at radius 3 is 2.50 bits per heavy atom. The van der Waals surface area contributed by atoms with Gasteiger partial charge in [0, 0.05) is 12.2 Å². The molecule has 1 rings (SSSR count). The Balaban J connectivity index is 3.07. The highest BCUT2D eigenvalue weighted by molar-refractivity contribution is 7.91. The van der Waals surface area contributed by atoms with Crippen LogP contribution in [-0.4, -0.2) is 34.6 Å². The Morgan fingerprint density at radius 2 is 2.05 bits per heavy atom. The van der Waals surface area contributed by atoms with Crippen LogP contribution >= 0.6 is 11.6 Å². The number of aryl methyl sites for hydroxylation is 1. The Labute approximate surface area is 123 Å². The smallest absolute Gasteiger partial charge is 0.258 e. The molecule has 0 aromatic carbocycles. The second-order valence-corrected chi connectivity index (χ2v) is 7.73. The van der Waals surface area contributed by atoms with Gasteiger partial charge in [-0.15, -0.1) is 0 Å².